The van der Waals surface area contributed by atoms with Crippen LogP contribution in [0.15, 0.2) is 47.1 Å². The summed E-state index contributed by atoms with van der Waals surface area (Å²) in [5.41, 5.74) is 1.19. The molecule has 3 rings (SSSR count). The van der Waals surface area contributed by atoms with Crippen LogP contribution in [0.2, 0.25) is 0 Å². The normalized spacial score (nSPS) is 12.1. The Morgan fingerprint density at radius 1 is 1.39 bits per heavy atom. The quantitative estimate of drug-likeness (QED) is 0.667. The molecule has 0 aliphatic heterocycles. The van der Waals surface area contributed by atoms with Gasteiger partial charge in [0.2, 0.25) is 0 Å². The zero-order valence-electron chi connectivity index (χ0n) is 12.5. The third-order valence-electron chi connectivity index (χ3n) is 3.35. The van der Waals surface area contributed by atoms with Crippen molar-refractivity contribution in [3.8, 4) is 11.4 Å². The van der Waals surface area contributed by atoms with Crippen molar-refractivity contribution in [3.63, 3.8) is 0 Å². The molecule has 118 valence electrons. The van der Waals surface area contributed by atoms with Gasteiger partial charge in [-0.15, -0.1) is 0 Å². The molecule has 1 atom stereocenters. The number of carbonyl (C=O) groups excluding carboxylic acids is 1. The Balaban J connectivity index is 1.80. The van der Waals surface area contributed by atoms with E-state index in [0.717, 1.165) is 5.56 Å². The lowest BCUT2D eigenvalue weighted by molar-refractivity contribution is 0.0907. The fraction of sp³-hybridized carbons (Fsp3) is 0.188. The first-order chi connectivity index (χ1) is 11.2. The summed E-state index contributed by atoms with van der Waals surface area (Å²) < 4.78 is 5.22. The van der Waals surface area contributed by atoms with Gasteiger partial charge in [-0.1, -0.05) is 12.1 Å². The number of aromatic nitrogens is 3. The van der Waals surface area contributed by atoms with E-state index >= 15 is 0 Å². The van der Waals surface area contributed by atoms with Crippen molar-refractivity contribution in [1.82, 2.24) is 20.5 Å². The average molecular weight is 312 g/mol. The van der Waals surface area contributed by atoms with Crippen LogP contribution >= 0.6 is 0 Å². The van der Waals surface area contributed by atoms with Crippen molar-refractivity contribution in [2.45, 2.75) is 13.0 Å². The van der Waals surface area contributed by atoms with Gasteiger partial charge in [-0.05, 0) is 31.2 Å². The van der Waals surface area contributed by atoms with Crippen LogP contribution < -0.4 is 5.32 Å². The number of rotatable bonds is 5. The van der Waals surface area contributed by atoms with Gasteiger partial charge in [0.15, 0.2) is 5.82 Å². The highest BCUT2D eigenvalue weighted by molar-refractivity contribution is 5.95. The number of amides is 1. The second-order valence-electron chi connectivity index (χ2n) is 5.05. The first kappa shape index (κ1) is 15.0. The number of carbonyl (C=O) groups is 1. The van der Waals surface area contributed by atoms with Gasteiger partial charge in [0.05, 0.1) is 12.9 Å². The molecule has 3 N–H and O–H groups in total. The third-order valence-corrected chi connectivity index (χ3v) is 3.35. The Labute approximate surface area is 132 Å². The Morgan fingerprint density at radius 2 is 2.26 bits per heavy atom. The molecular weight excluding hydrogens is 296 g/mol. The Morgan fingerprint density at radius 3 is 2.91 bits per heavy atom. The molecule has 0 saturated carbocycles. The highest BCUT2D eigenvalue weighted by Crippen LogP contribution is 2.18. The number of nitrogens with one attached hydrogen (secondary N) is 2. The van der Waals surface area contributed by atoms with Crippen LogP contribution in [0.1, 0.15) is 28.0 Å². The zero-order chi connectivity index (χ0) is 16.2. The molecule has 1 unspecified atom stereocenters. The highest BCUT2D eigenvalue weighted by atomic mass is 16.3. The van der Waals surface area contributed by atoms with Crippen molar-refractivity contribution in [1.29, 1.82) is 0 Å². The summed E-state index contributed by atoms with van der Waals surface area (Å²) in [4.78, 5) is 16.6. The van der Waals surface area contributed by atoms with Gasteiger partial charge in [0.1, 0.15) is 17.6 Å². The van der Waals surface area contributed by atoms with Crippen LogP contribution in [-0.4, -0.2) is 32.8 Å². The lowest BCUT2D eigenvalue weighted by Gasteiger charge is -2.14. The van der Waals surface area contributed by atoms with E-state index in [1.807, 2.05) is 13.0 Å². The maximum Gasteiger partial charge on any atom is 0.251 e. The average Bonchev–Trinajstić information content (AvgIpc) is 3.24. The van der Waals surface area contributed by atoms with Crippen LogP contribution in [0.3, 0.4) is 0 Å². The molecule has 3 aromatic rings. The summed E-state index contributed by atoms with van der Waals surface area (Å²) in [5.74, 6) is 1.42. The molecule has 0 spiro atoms. The fourth-order valence-corrected chi connectivity index (χ4v) is 2.21. The number of hydrogen-bond acceptors (Lipinski definition) is 5. The maximum absolute atomic E-state index is 12.4. The molecule has 0 saturated heterocycles. The van der Waals surface area contributed by atoms with E-state index in [-0.39, 0.29) is 12.5 Å². The molecule has 2 heterocycles. The molecule has 0 fully saturated rings. The zero-order valence-corrected chi connectivity index (χ0v) is 12.5. The van der Waals surface area contributed by atoms with Crippen LogP contribution in [0.4, 0.5) is 0 Å². The minimum Gasteiger partial charge on any atom is -0.467 e. The maximum atomic E-state index is 12.4. The van der Waals surface area contributed by atoms with E-state index in [1.54, 1.807) is 30.3 Å². The van der Waals surface area contributed by atoms with E-state index in [0.29, 0.717) is 23.0 Å². The first-order valence-corrected chi connectivity index (χ1v) is 7.12. The molecule has 1 amide bonds. The molecule has 0 bridgehead atoms. The fourth-order valence-electron chi connectivity index (χ4n) is 2.21. The van der Waals surface area contributed by atoms with Crippen LogP contribution in [0, 0.1) is 6.92 Å². The summed E-state index contributed by atoms with van der Waals surface area (Å²) in [7, 11) is 0. The molecule has 23 heavy (non-hydrogen) atoms. The summed E-state index contributed by atoms with van der Waals surface area (Å²) in [6, 6.07) is 9.80. The predicted octanol–water partition coefficient (Wildman–Crippen LogP) is 1.84. The summed E-state index contributed by atoms with van der Waals surface area (Å²) in [6.07, 6.45) is 1.50. The molecule has 0 aliphatic carbocycles. The van der Waals surface area contributed by atoms with Gasteiger partial charge >= 0.3 is 0 Å². The number of nitrogens with zero attached hydrogens (tertiary/aromatic N) is 2. The minimum atomic E-state index is -0.591. The molecule has 1 aromatic carbocycles. The van der Waals surface area contributed by atoms with Crippen molar-refractivity contribution >= 4 is 5.91 Å². The minimum absolute atomic E-state index is 0.251. The number of aliphatic hydroxyl groups is 1. The number of hydrogen-bond donors (Lipinski definition) is 3. The van der Waals surface area contributed by atoms with E-state index < -0.39 is 6.04 Å². The molecule has 7 nitrogen and oxygen atoms in total. The van der Waals surface area contributed by atoms with E-state index in [2.05, 4.69) is 20.5 Å². The molecular formula is C16H16N4O3. The topological polar surface area (TPSA) is 104 Å². The molecule has 0 aliphatic rings. The van der Waals surface area contributed by atoms with Crippen molar-refractivity contribution in [3.05, 3.63) is 59.8 Å². The number of aliphatic hydroxyl groups excluding tert-OH is 1. The molecule has 0 radical (unpaired) electrons. The standard InChI is InChI=1S/C16H16N4O3/c1-10-17-15(20-19-10)11-4-2-5-12(8-11)16(22)18-13(9-21)14-6-3-7-23-14/h2-8,13,21H,9H2,1H3,(H,18,22)(H,17,19,20). The summed E-state index contributed by atoms with van der Waals surface area (Å²) in [6.45, 7) is 1.56. The van der Waals surface area contributed by atoms with Crippen molar-refractivity contribution < 1.29 is 14.3 Å². The van der Waals surface area contributed by atoms with E-state index in [4.69, 9.17) is 4.42 Å². The number of H-pyrrole nitrogens is 1. The van der Waals surface area contributed by atoms with Crippen LogP contribution in [0.25, 0.3) is 11.4 Å². The second kappa shape index (κ2) is 6.45. The molecule has 7 heteroatoms. The predicted molar refractivity (Wildman–Crippen MR) is 82.6 cm³/mol. The Kier molecular flexibility index (Phi) is 4.20. The monoisotopic (exact) mass is 312 g/mol. The van der Waals surface area contributed by atoms with E-state index in [9.17, 15) is 9.90 Å². The smallest absolute Gasteiger partial charge is 0.251 e. The van der Waals surface area contributed by atoms with E-state index in [1.165, 1.54) is 6.26 Å². The Hall–Kier alpha value is -2.93. The lowest BCUT2D eigenvalue weighted by Crippen LogP contribution is -2.30. The van der Waals surface area contributed by atoms with Gasteiger partial charge in [-0.25, -0.2) is 4.98 Å². The number of furan rings is 1. The van der Waals surface area contributed by atoms with Crippen molar-refractivity contribution in [2.75, 3.05) is 6.61 Å². The van der Waals surface area contributed by atoms with Gasteiger partial charge < -0.3 is 14.8 Å². The number of benzene rings is 1. The molecule has 2 aromatic heterocycles. The highest BCUT2D eigenvalue weighted by Gasteiger charge is 2.17. The van der Waals surface area contributed by atoms with Gasteiger partial charge in [-0.3, -0.25) is 9.89 Å². The van der Waals surface area contributed by atoms with Crippen molar-refractivity contribution in [2.24, 2.45) is 0 Å². The Bertz CT molecular complexity index is 795. The number of aromatic amines is 1. The lowest BCUT2D eigenvalue weighted by atomic mass is 10.1. The first-order valence-electron chi connectivity index (χ1n) is 7.12. The van der Waals surface area contributed by atoms with Gasteiger partial charge in [-0.2, -0.15) is 5.10 Å². The van der Waals surface area contributed by atoms with Crippen LogP contribution in [-0.2, 0) is 0 Å². The van der Waals surface area contributed by atoms with Crippen LogP contribution in [0.5, 0.6) is 0 Å². The second-order valence-corrected chi connectivity index (χ2v) is 5.05. The number of aryl methyl sites for hydroxylation is 1. The largest absolute Gasteiger partial charge is 0.467 e. The van der Waals surface area contributed by atoms with Gasteiger partial charge in [0.25, 0.3) is 5.91 Å². The summed E-state index contributed by atoms with van der Waals surface area (Å²) >= 11 is 0. The third kappa shape index (κ3) is 3.29. The SMILES string of the molecule is Cc1nc(-c2cccc(C(=O)NC(CO)c3ccco3)c2)n[nH]1. The summed E-state index contributed by atoms with van der Waals surface area (Å²) in [5, 5.41) is 19.0. The van der Waals surface area contributed by atoms with Gasteiger partial charge in [0, 0.05) is 11.1 Å².